The molecule has 0 atom stereocenters. The molecular formula is C23H14FN3O2. The van der Waals surface area contributed by atoms with E-state index in [4.69, 9.17) is 14.6 Å². The number of aromatic nitrogens is 3. The topological polar surface area (TPSA) is 49.2 Å². The molecule has 0 saturated heterocycles. The Kier molecular flexibility index (Phi) is 3.34. The van der Waals surface area contributed by atoms with Crippen molar-refractivity contribution in [2.24, 2.45) is 0 Å². The number of halogens is 1. The van der Waals surface area contributed by atoms with Crippen LogP contribution >= 0.6 is 0 Å². The molecule has 0 N–H and O–H groups in total. The van der Waals surface area contributed by atoms with Crippen molar-refractivity contribution in [3.8, 4) is 28.4 Å². The van der Waals surface area contributed by atoms with E-state index in [0.29, 0.717) is 17.2 Å². The van der Waals surface area contributed by atoms with Crippen molar-refractivity contribution in [2.75, 3.05) is 6.79 Å². The average molecular weight is 383 g/mol. The maximum absolute atomic E-state index is 14.0. The van der Waals surface area contributed by atoms with E-state index in [0.717, 1.165) is 33.1 Å². The number of fused-ring (bicyclic) bond motifs is 4. The number of ether oxygens (including phenoxy) is 2. The Hall–Kier alpha value is -3.93. The molecule has 2 aromatic heterocycles. The molecule has 5 nitrogen and oxygen atoms in total. The van der Waals surface area contributed by atoms with Gasteiger partial charge in [0.05, 0.1) is 16.7 Å². The summed E-state index contributed by atoms with van der Waals surface area (Å²) < 4.78 is 26.8. The van der Waals surface area contributed by atoms with Crippen LogP contribution in [-0.2, 0) is 0 Å². The van der Waals surface area contributed by atoms with Crippen molar-refractivity contribution in [2.45, 2.75) is 0 Å². The lowest BCUT2D eigenvalue weighted by atomic mass is 10.1. The predicted molar refractivity (Wildman–Crippen MR) is 108 cm³/mol. The minimum atomic E-state index is -0.316. The zero-order valence-corrected chi connectivity index (χ0v) is 15.2. The van der Waals surface area contributed by atoms with Gasteiger partial charge in [-0.05, 0) is 24.3 Å². The molecule has 140 valence electrons. The number of rotatable bonds is 2. The summed E-state index contributed by atoms with van der Waals surface area (Å²) in [7, 11) is 0. The van der Waals surface area contributed by atoms with Gasteiger partial charge >= 0.3 is 0 Å². The largest absolute Gasteiger partial charge is 0.454 e. The SMILES string of the molecule is Fc1cccc(-n2nc(-c3ccccc3)c3cnc4cc5c(cc4c32)OCO5)c1. The van der Waals surface area contributed by atoms with Crippen LogP contribution in [0, 0.1) is 5.82 Å². The Morgan fingerprint density at radius 1 is 0.862 bits per heavy atom. The highest BCUT2D eigenvalue weighted by atomic mass is 19.1. The first kappa shape index (κ1) is 16.1. The molecule has 0 spiro atoms. The molecule has 0 fully saturated rings. The highest BCUT2D eigenvalue weighted by Gasteiger charge is 2.21. The highest BCUT2D eigenvalue weighted by Crippen LogP contribution is 2.40. The summed E-state index contributed by atoms with van der Waals surface area (Å²) in [6.07, 6.45) is 1.81. The minimum absolute atomic E-state index is 0.188. The first-order valence-corrected chi connectivity index (χ1v) is 9.20. The van der Waals surface area contributed by atoms with E-state index in [2.05, 4.69) is 4.98 Å². The van der Waals surface area contributed by atoms with E-state index in [9.17, 15) is 4.39 Å². The molecule has 29 heavy (non-hydrogen) atoms. The third-order valence-electron chi connectivity index (χ3n) is 5.10. The Balaban J connectivity index is 1.74. The van der Waals surface area contributed by atoms with Crippen molar-refractivity contribution in [1.82, 2.24) is 14.8 Å². The van der Waals surface area contributed by atoms with Crippen molar-refractivity contribution in [3.63, 3.8) is 0 Å². The third kappa shape index (κ3) is 2.46. The first-order valence-electron chi connectivity index (χ1n) is 9.20. The molecule has 0 unspecified atom stereocenters. The van der Waals surface area contributed by atoms with Gasteiger partial charge in [0.1, 0.15) is 11.5 Å². The molecule has 3 heterocycles. The van der Waals surface area contributed by atoms with Crippen LogP contribution in [0.1, 0.15) is 0 Å². The van der Waals surface area contributed by atoms with Crippen molar-refractivity contribution < 1.29 is 13.9 Å². The van der Waals surface area contributed by atoms with Gasteiger partial charge in [0.25, 0.3) is 0 Å². The van der Waals surface area contributed by atoms with E-state index < -0.39 is 0 Å². The average Bonchev–Trinajstić information content (AvgIpc) is 3.37. The summed E-state index contributed by atoms with van der Waals surface area (Å²) in [4.78, 5) is 4.63. The van der Waals surface area contributed by atoms with Crippen LogP contribution in [0.4, 0.5) is 4.39 Å². The van der Waals surface area contributed by atoms with Gasteiger partial charge in [0.15, 0.2) is 11.5 Å². The molecular weight excluding hydrogens is 369 g/mol. The number of hydrogen-bond acceptors (Lipinski definition) is 4. The lowest BCUT2D eigenvalue weighted by molar-refractivity contribution is 0.174. The summed E-state index contributed by atoms with van der Waals surface area (Å²) in [5, 5.41) is 6.60. The summed E-state index contributed by atoms with van der Waals surface area (Å²) in [5.74, 6) is 1.02. The summed E-state index contributed by atoms with van der Waals surface area (Å²) in [6, 6.07) is 20.1. The standard InChI is InChI=1S/C23H14FN3O2/c24-15-7-4-8-16(9-15)27-23-17-10-20-21(29-13-28-20)11-19(17)25-12-18(23)22(26-27)14-5-2-1-3-6-14/h1-12H,13H2. The van der Waals surface area contributed by atoms with Crippen molar-refractivity contribution in [3.05, 3.63) is 78.7 Å². The zero-order chi connectivity index (χ0) is 19.4. The number of benzene rings is 3. The second kappa shape index (κ2) is 6.04. The van der Waals surface area contributed by atoms with Crippen molar-refractivity contribution >= 4 is 21.8 Å². The van der Waals surface area contributed by atoms with E-state index >= 15 is 0 Å². The second-order valence-electron chi connectivity index (χ2n) is 6.85. The molecule has 5 aromatic rings. The van der Waals surface area contributed by atoms with Crippen LogP contribution in [0.15, 0.2) is 72.9 Å². The molecule has 0 radical (unpaired) electrons. The minimum Gasteiger partial charge on any atom is -0.454 e. The lowest BCUT2D eigenvalue weighted by Crippen LogP contribution is -1.98. The van der Waals surface area contributed by atoms with Crippen LogP contribution < -0.4 is 9.47 Å². The molecule has 0 amide bonds. The second-order valence-corrected chi connectivity index (χ2v) is 6.85. The normalized spacial score (nSPS) is 12.7. The van der Waals surface area contributed by atoms with Crippen LogP contribution in [0.3, 0.4) is 0 Å². The van der Waals surface area contributed by atoms with E-state index in [1.165, 1.54) is 12.1 Å². The zero-order valence-electron chi connectivity index (χ0n) is 15.2. The van der Waals surface area contributed by atoms with Gasteiger partial charge in [0, 0.05) is 28.6 Å². The Morgan fingerprint density at radius 3 is 2.52 bits per heavy atom. The molecule has 0 bridgehead atoms. The molecule has 0 saturated carbocycles. The Morgan fingerprint density at radius 2 is 1.69 bits per heavy atom. The molecule has 3 aromatic carbocycles. The highest BCUT2D eigenvalue weighted by molar-refractivity contribution is 6.09. The van der Waals surface area contributed by atoms with Crippen LogP contribution in [0.5, 0.6) is 11.5 Å². The third-order valence-corrected chi connectivity index (χ3v) is 5.10. The first-order chi connectivity index (χ1) is 14.3. The smallest absolute Gasteiger partial charge is 0.231 e. The molecule has 6 heteroatoms. The molecule has 1 aliphatic heterocycles. The Bertz CT molecular complexity index is 1400. The van der Waals surface area contributed by atoms with Gasteiger partial charge in [-0.15, -0.1) is 0 Å². The van der Waals surface area contributed by atoms with Gasteiger partial charge in [-0.1, -0.05) is 36.4 Å². The Labute approximate surface area is 164 Å². The van der Waals surface area contributed by atoms with Crippen LogP contribution in [0.25, 0.3) is 38.8 Å². The monoisotopic (exact) mass is 383 g/mol. The fraction of sp³-hybridized carbons (Fsp3) is 0.0435. The van der Waals surface area contributed by atoms with Gasteiger partial charge in [0.2, 0.25) is 6.79 Å². The summed E-state index contributed by atoms with van der Waals surface area (Å²) >= 11 is 0. The predicted octanol–water partition coefficient (Wildman–Crippen LogP) is 5.11. The molecule has 0 aliphatic carbocycles. The summed E-state index contributed by atoms with van der Waals surface area (Å²) in [5.41, 5.74) is 4.01. The quantitative estimate of drug-likeness (QED) is 0.425. The van der Waals surface area contributed by atoms with Crippen molar-refractivity contribution in [1.29, 1.82) is 0 Å². The fourth-order valence-corrected chi connectivity index (χ4v) is 3.78. The molecule has 1 aliphatic rings. The van der Waals surface area contributed by atoms with E-state index in [1.807, 2.05) is 54.7 Å². The maximum atomic E-state index is 14.0. The van der Waals surface area contributed by atoms with Gasteiger partial charge in [-0.25, -0.2) is 9.07 Å². The van der Waals surface area contributed by atoms with Crippen LogP contribution in [0.2, 0.25) is 0 Å². The summed E-state index contributed by atoms with van der Waals surface area (Å²) in [6.45, 7) is 0.188. The van der Waals surface area contributed by atoms with E-state index in [-0.39, 0.29) is 12.6 Å². The fourth-order valence-electron chi connectivity index (χ4n) is 3.78. The maximum Gasteiger partial charge on any atom is 0.231 e. The van der Waals surface area contributed by atoms with Gasteiger partial charge < -0.3 is 9.47 Å². The number of hydrogen-bond donors (Lipinski definition) is 0. The van der Waals surface area contributed by atoms with Crippen LogP contribution in [-0.4, -0.2) is 21.6 Å². The van der Waals surface area contributed by atoms with Gasteiger partial charge in [-0.3, -0.25) is 4.98 Å². The van der Waals surface area contributed by atoms with E-state index in [1.54, 1.807) is 10.7 Å². The number of nitrogens with zero attached hydrogens (tertiary/aromatic N) is 3. The van der Waals surface area contributed by atoms with Gasteiger partial charge in [-0.2, -0.15) is 5.10 Å². The number of pyridine rings is 1. The molecule has 6 rings (SSSR count). The lowest BCUT2D eigenvalue weighted by Gasteiger charge is -2.07.